The maximum atomic E-state index is 6.20. The normalized spacial score (nSPS) is 14.8. The molecule has 0 bridgehead atoms. The van der Waals surface area contributed by atoms with E-state index < -0.39 is 0 Å². The van der Waals surface area contributed by atoms with Crippen LogP contribution in [0.5, 0.6) is 0 Å². The molecule has 0 spiro atoms. The third-order valence-electron chi connectivity index (χ3n) is 3.18. The van der Waals surface area contributed by atoms with Crippen molar-refractivity contribution in [3.63, 3.8) is 0 Å². The molecule has 0 amide bonds. The number of methoxy groups -OCH3 is 1. The lowest BCUT2D eigenvalue weighted by atomic mass is 9.94. The number of rotatable bonds is 6. The van der Waals surface area contributed by atoms with Gasteiger partial charge in [0.2, 0.25) is 0 Å². The first-order valence-electron chi connectivity index (χ1n) is 6.14. The second-order valence-electron chi connectivity index (χ2n) is 4.74. The Hall–Kier alpha value is -0.280. The van der Waals surface area contributed by atoms with Gasteiger partial charge in [-0.15, -0.1) is 0 Å². The lowest BCUT2D eigenvalue weighted by molar-refractivity contribution is 0.0354. The third kappa shape index (κ3) is 3.86. The predicted molar refractivity (Wildman–Crippen MR) is 78.6 cm³/mol. The molecule has 0 saturated heterocycles. The molecular weight excluding hydrogens is 269 g/mol. The quantitative estimate of drug-likeness (QED) is 0.860. The van der Waals surface area contributed by atoms with E-state index in [1.54, 1.807) is 7.11 Å². The van der Waals surface area contributed by atoms with Crippen LogP contribution >= 0.6 is 23.2 Å². The molecule has 4 heteroatoms. The van der Waals surface area contributed by atoms with Crippen molar-refractivity contribution in [3.05, 3.63) is 33.8 Å². The number of ether oxygens (including phenoxy) is 1. The molecule has 102 valence electrons. The molecule has 1 N–H and O–H groups in total. The van der Waals surface area contributed by atoms with Crippen molar-refractivity contribution in [2.45, 2.75) is 32.4 Å². The maximum absolute atomic E-state index is 6.20. The van der Waals surface area contributed by atoms with Crippen molar-refractivity contribution in [2.75, 3.05) is 14.2 Å². The SMILES string of the molecule is CNC(Cc1c(Cl)cccc1Cl)C(OC)C(C)C. The molecule has 2 nitrogen and oxygen atoms in total. The molecule has 0 aliphatic carbocycles. The van der Waals surface area contributed by atoms with Crippen molar-refractivity contribution in [2.24, 2.45) is 5.92 Å². The molecule has 1 aromatic rings. The minimum absolute atomic E-state index is 0.127. The Morgan fingerprint density at radius 1 is 1.22 bits per heavy atom. The van der Waals surface area contributed by atoms with Gasteiger partial charge < -0.3 is 10.1 Å². The maximum Gasteiger partial charge on any atom is 0.0750 e. The van der Waals surface area contributed by atoms with E-state index in [4.69, 9.17) is 27.9 Å². The van der Waals surface area contributed by atoms with Gasteiger partial charge in [0.15, 0.2) is 0 Å². The van der Waals surface area contributed by atoms with Crippen molar-refractivity contribution < 1.29 is 4.74 Å². The topological polar surface area (TPSA) is 21.3 Å². The van der Waals surface area contributed by atoms with Gasteiger partial charge in [0.25, 0.3) is 0 Å². The molecule has 0 radical (unpaired) electrons. The number of hydrogen-bond acceptors (Lipinski definition) is 2. The first-order chi connectivity index (χ1) is 8.51. The van der Waals surface area contributed by atoms with E-state index in [-0.39, 0.29) is 12.1 Å². The summed E-state index contributed by atoms with van der Waals surface area (Å²) in [6.07, 6.45) is 0.883. The summed E-state index contributed by atoms with van der Waals surface area (Å²) in [4.78, 5) is 0. The summed E-state index contributed by atoms with van der Waals surface area (Å²) in [7, 11) is 3.67. The number of halogens is 2. The van der Waals surface area contributed by atoms with E-state index in [1.165, 1.54) is 0 Å². The van der Waals surface area contributed by atoms with Gasteiger partial charge in [-0.3, -0.25) is 0 Å². The first kappa shape index (κ1) is 15.8. The highest BCUT2D eigenvalue weighted by molar-refractivity contribution is 6.36. The molecule has 0 aromatic heterocycles. The average molecular weight is 290 g/mol. The van der Waals surface area contributed by atoms with Crippen LogP contribution in [0.15, 0.2) is 18.2 Å². The van der Waals surface area contributed by atoms with Crippen molar-refractivity contribution in [1.82, 2.24) is 5.32 Å². The fourth-order valence-corrected chi connectivity index (χ4v) is 2.78. The van der Waals surface area contributed by atoms with Crippen LogP contribution in [0.4, 0.5) is 0 Å². The summed E-state index contributed by atoms with van der Waals surface area (Å²) in [5, 5.41) is 4.71. The molecule has 0 saturated carbocycles. The van der Waals surface area contributed by atoms with Crippen LogP contribution in [0.1, 0.15) is 19.4 Å². The molecule has 1 rings (SSSR count). The number of hydrogen-bond donors (Lipinski definition) is 1. The highest BCUT2D eigenvalue weighted by Gasteiger charge is 2.24. The van der Waals surface area contributed by atoms with E-state index in [0.29, 0.717) is 16.0 Å². The summed E-state index contributed by atoms with van der Waals surface area (Å²) >= 11 is 12.4. The average Bonchev–Trinajstić information content (AvgIpc) is 2.32. The minimum atomic E-state index is 0.127. The second kappa shape index (κ2) is 7.34. The van der Waals surface area contributed by atoms with Gasteiger partial charge in [-0.2, -0.15) is 0 Å². The van der Waals surface area contributed by atoms with Gasteiger partial charge in [-0.25, -0.2) is 0 Å². The minimum Gasteiger partial charge on any atom is -0.380 e. The molecule has 1 aromatic carbocycles. The fourth-order valence-electron chi connectivity index (χ4n) is 2.23. The van der Waals surface area contributed by atoms with E-state index in [2.05, 4.69) is 19.2 Å². The van der Waals surface area contributed by atoms with E-state index in [0.717, 1.165) is 12.0 Å². The van der Waals surface area contributed by atoms with Gasteiger partial charge in [0.1, 0.15) is 0 Å². The van der Waals surface area contributed by atoms with Gasteiger partial charge in [-0.1, -0.05) is 43.1 Å². The molecule has 18 heavy (non-hydrogen) atoms. The van der Waals surface area contributed by atoms with Gasteiger partial charge in [0, 0.05) is 23.2 Å². The number of nitrogens with one attached hydrogen (secondary N) is 1. The Labute approximate surface area is 120 Å². The molecule has 2 atom stereocenters. The van der Waals surface area contributed by atoms with Gasteiger partial charge >= 0.3 is 0 Å². The highest BCUT2D eigenvalue weighted by atomic mass is 35.5. The number of likely N-dealkylation sites (N-methyl/N-ethyl adjacent to an activating group) is 1. The lowest BCUT2D eigenvalue weighted by Crippen LogP contribution is -2.43. The Kier molecular flexibility index (Phi) is 6.44. The Balaban J connectivity index is 2.92. The summed E-state index contributed by atoms with van der Waals surface area (Å²) in [5.41, 5.74) is 0.975. The van der Waals surface area contributed by atoms with Crippen molar-refractivity contribution >= 4 is 23.2 Å². The van der Waals surface area contributed by atoms with E-state index in [9.17, 15) is 0 Å². The molecule has 0 aliphatic heterocycles. The number of benzene rings is 1. The predicted octanol–water partition coefficient (Wildman–Crippen LogP) is 3.79. The monoisotopic (exact) mass is 289 g/mol. The van der Waals surface area contributed by atoms with Crippen LogP contribution < -0.4 is 5.32 Å². The van der Waals surface area contributed by atoms with Crippen LogP contribution in [0, 0.1) is 5.92 Å². The summed E-state index contributed by atoms with van der Waals surface area (Å²) < 4.78 is 5.57. The largest absolute Gasteiger partial charge is 0.380 e. The highest BCUT2D eigenvalue weighted by Crippen LogP contribution is 2.27. The van der Waals surface area contributed by atoms with Crippen molar-refractivity contribution in [1.29, 1.82) is 0 Å². The van der Waals surface area contributed by atoms with Crippen LogP contribution in [0.2, 0.25) is 10.0 Å². The van der Waals surface area contributed by atoms with Crippen LogP contribution in [-0.2, 0) is 11.2 Å². The summed E-state index contributed by atoms with van der Waals surface area (Å²) in [6.45, 7) is 4.29. The van der Waals surface area contributed by atoms with Crippen LogP contribution in [0.3, 0.4) is 0 Å². The standard InChI is InChI=1S/C14H21Cl2NO/c1-9(2)14(18-4)13(17-3)8-10-11(15)6-5-7-12(10)16/h5-7,9,13-14,17H,8H2,1-4H3. The zero-order chi connectivity index (χ0) is 13.7. The summed E-state index contributed by atoms with van der Waals surface area (Å²) in [6, 6.07) is 5.78. The Morgan fingerprint density at radius 3 is 2.17 bits per heavy atom. The first-order valence-corrected chi connectivity index (χ1v) is 6.89. The van der Waals surface area contributed by atoms with Crippen molar-refractivity contribution in [3.8, 4) is 0 Å². The molecule has 0 fully saturated rings. The van der Waals surface area contributed by atoms with E-state index in [1.807, 2.05) is 25.2 Å². The molecule has 0 heterocycles. The molecule has 2 unspecified atom stereocenters. The van der Waals surface area contributed by atoms with Crippen LogP contribution in [-0.4, -0.2) is 26.3 Å². The Bertz CT molecular complexity index is 362. The van der Waals surface area contributed by atoms with E-state index >= 15 is 0 Å². The van der Waals surface area contributed by atoms with Gasteiger partial charge in [-0.05, 0) is 37.1 Å². The molecule has 0 aliphatic rings. The Morgan fingerprint density at radius 2 is 1.78 bits per heavy atom. The summed E-state index contributed by atoms with van der Waals surface area (Å²) in [5.74, 6) is 0.425. The zero-order valence-electron chi connectivity index (χ0n) is 11.3. The third-order valence-corrected chi connectivity index (χ3v) is 3.89. The fraction of sp³-hybridized carbons (Fsp3) is 0.571. The molecular formula is C14H21Cl2NO. The van der Waals surface area contributed by atoms with Crippen LogP contribution in [0.25, 0.3) is 0 Å². The zero-order valence-corrected chi connectivity index (χ0v) is 12.8. The lowest BCUT2D eigenvalue weighted by Gasteiger charge is -2.29. The second-order valence-corrected chi connectivity index (χ2v) is 5.56. The smallest absolute Gasteiger partial charge is 0.0750 e. The van der Waals surface area contributed by atoms with Gasteiger partial charge in [0.05, 0.1) is 6.10 Å².